The van der Waals surface area contributed by atoms with Gasteiger partial charge in [0.1, 0.15) is 0 Å². The maximum atomic E-state index is 12.0. The van der Waals surface area contributed by atoms with Crippen LogP contribution in [0.25, 0.3) is 0 Å². The summed E-state index contributed by atoms with van der Waals surface area (Å²) in [5.41, 5.74) is 0.846. The van der Waals surface area contributed by atoms with Gasteiger partial charge < -0.3 is 4.90 Å². The topological polar surface area (TPSA) is 33.2 Å². The molecular weight excluding hydrogens is 288 g/mol. The Morgan fingerprint density at radius 2 is 2.28 bits per heavy atom. The van der Waals surface area contributed by atoms with Gasteiger partial charge in [0.05, 0.1) is 28.0 Å². The summed E-state index contributed by atoms with van der Waals surface area (Å²) in [4.78, 5) is 19.1. The first-order valence-corrected chi connectivity index (χ1v) is 7.51. The second-order valence-corrected chi connectivity index (χ2v) is 6.85. The van der Waals surface area contributed by atoms with E-state index < -0.39 is 0 Å². The SMILES string of the molecule is Cc1nc(CC(=O)N(C)Cc2ccc(Cl)s2)cs1. The Morgan fingerprint density at radius 3 is 2.83 bits per heavy atom. The molecular formula is C12H13ClN2OS2. The lowest BCUT2D eigenvalue weighted by Crippen LogP contribution is -2.27. The van der Waals surface area contributed by atoms with Crippen molar-refractivity contribution in [1.82, 2.24) is 9.88 Å². The molecule has 18 heavy (non-hydrogen) atoms. The summed E-state index contributed by atoms with van der Waals surface area (Å²) < 4.78 is 0.751. The van der Waals surface area contributed by atoms with E-state index in [0.29, 0.717) is 13.0 Å². The standard InChI is InChI=1S/C12H13ClN2OS2/c1-8-14-9(7-17-8)5-12(16)15(2)6-10-3-4-11(13)18-10/h3-4,7H,5-6H2,1-2H3. The van der Waals surface area contributed by atoms with Gasteiger partial charge in [0, 0.05) is 17.3 Å². The summed E-state index contributed by atoms with van der Waals surface area (Å²) in [6, 6.07) is 3.80. The van der Waals surface area contributed by atoms with Gasteiger partial charge >= 0.3 is 0 Å². The van der Waals surface area contributed by atoms with Crippen LogP contribution >= 0.6 is 34.3 Å². The largest absolute Gasteiger partial charge is 0.340 e. The normalized spacial score (nSPS) is 10.6. The van der Waals surface area contributed by atoms with Crippen LogP contribution in [0.1, 0.15) is 15.6 Å². The lowest BCUT2D eigenvalue weighted by Gasteiger charge is -2.15. The number of thiazole rings is 1. The van der Waals surface area contributed by atoms with Crippen LogP contribution in [0, 0.1) is 6.92 Å². The molecule has 0 atom stereocenters. The molecule has 0 saturated carbocycles. The number of nitrogens with zero attached hydrogens (tertiary/aromatic N) is 2. The number of carbonyl (C=O) groups excluding carboxylic acids is 1. The van der Waals surface area contributed by atoms with Gasteiger partial charge in [0.2, 0.25) is 5.91 Å². The van der Waals surface area contributed by atoms with E-state index in [1.165, 1.54) is 11.3 Å². The molecule has 0 aromatic carbocycles. The minimum Gasteiger partial charge on any atom is -0.340 e. The third-order valence-corrected chi connectivity index (χ3v) is 4.48. The van der Waals surface area contributed by atoms with Gasteiger partial charge in [-0.1, -0.05) is 11.6 Å². The number of hydrogen-bond donors (Lipinski definition) is 0. The Hall–Kier alpha value is -0.910. The average Bonchev–Trinajstić information content (AvgIpc) is 2.88. The molecule has 1 amide bonds. The highest BCUT2D eigenvalue weighted by atomic mass is 35.5. The fourth-order valence-electron chi connectivity index (χ4n) is 1.54. The number of aromatic nitrogens is 1. The van der Waals surface area contributed by atoms with E-state index in [4.69, 9.17) is 11.6 Å². The van der Waals surface area contributed by atoms with Gasteiger partial charge in [0.15, 0.2) is 0 Å². The van der Waals surface area contributed by atoms with Crippen LogP contribution in [0.4, 0.5) is 0 Å². The molecule has 6 heteroatoms. The van der Waals surface area contributed by atoms with Crippen molar-refractivity contribution in [2.24, 2.45) is 0 Å². The van der Waals surface area contributed by atoms with Crippen molar-refractivity contribution in [2.75, 3.05) is 7.05 Å². The molecule has 3 nitrogen and oxygen atoms in total. The number of hydrogen-bond acceptors (Lipinski definition) is 4. The van der Waals surface area contributed by atoms with Crippen molar-refractivity contribution in [1.29, 1.82) is 0 Å². The zero-order valence-electron chi connectivity index (χ0n) is 10.1. The van der Waals surface area contributed by atoms with E-state index in [0.717, 1.165) is 19.9 Å². The minimum atomic E-state index is 0.0739. The van der Waals surface area contributed by atoms with E-state index in [1.54, 1.807) is 23.3 Å². The minimum absolute atomic E-state index is 0.0739. The average molecular weight is 301 g/mol. The third-order valence-electron chi connectivity index (χ3n) is 2.45. The highest BCUT2D eigenvalue weighted by Gasteiger charge is 2.12. The lowest BCUT2D eigenvalue weighted by atomic mass is 10.3. The molecule has 96 valence electrons. The van der Waals surface area contributed by atoms with Gasteiger partial charge in [-0.15, -0.1) is 22.7 Å². The highest BCUT2D eigenvalue weighted by molar-refractivity contribution is 7.16. The Kier molecular flexibility index (Phi) is 4.37. The Labute approximate surface area is 119 Å². The number of halogens is 1. The maximum absolute atomic E-state index is 12.0. The van der Waals surface area contributed by atoms with Gasteiger partial charge in [-0.05, 0) is 19.1 Å². The molecule has 0 bridgehead atoms. The molecule has 0 N–H and O–H groups in total. The number of carbonyl (C=O) groups is 1. The molecule has 2 rings (SSSR count). The number of thiophene rings is 1. The smallest absolute Gasteiger partial charge is 0.228 e. The summed E-state index contributed by atoms with van der Waals surface area (Å²) in [5.74, 6) is 0.0739. The van der Waals surface area contributed by atoms with Crippen LogP contribution in [-0.2, 0) is 17.8 Å². The number of likely N-dealkylation sites (N-methyl/N-ethyl adjacent to an activating group) is 1. The first-order valence-electron chi connectivity index (χ1n) is 5.44. The fraction of sp³-hybridized carbons (Fsp3) is 0.333. The summed E-state index contributed by atoms with van der Waals surface area (Å²) in [6.07, 6.45) is 0.361. The quantitative estimate of drug-likeness (QED) is 0.867. The second kappa shape index (κ2) is 5.82. The van der Waals surface area contributed by atoms with Crippen LogP contribution in [0.2, 0.25) is 4.34 Å². The third kappa shape index (κ3) is 3.54. The van der Waals surface area contributed by atoms with E-state index >= 15 is 0 Å². The first kappa shape index (κ1) is 13.5. The molecule has 0 saturated heterocycles. The first-order chi connectivity index (χ1) is 8.54. The number of rotatable bonds is 4. The summed E-state index contributed by atoms with van der Waals surface area (Å²) >= 11 is 8.93. The van der Waals surface area contributed by atoms with Crippen LogP contribution < -0.4 is 0 Å². The fourth-order valence-corrected chi connectivity index (χ4v) is 3.29. The lowest BCUT2D eigenvalue weighted by molar-refractivity contribution is -0.129. The Morgan fingerprint density at radius 1 is 1.50 bits per heavy atom. The molecule has 0 spiro atoms. The van der Waals surface area contributed by atoms with Crippen LogP contribution in [-0.4, -0.2) is 22.8 Å². The second-order valence-electron chi connectivity index (χ2n) is 3.99. The van der Waals surface area contributed by atoms with Crippen molar-refractivity contribution in [3.8, 4) is 0 Å². The zero-order valence-corrected chi connectivity index (χ0v) is 12.5. The van der Waals surface area contributed by atoms with Crippen molar-refractivity contribution < 1.29 is 4.79 Å². The van der Waals surface area contributed by atoms with Crippen LogP contribution in [0.5, 0.6) is 0 Å². The van der Waals surface area contributed by atoms with Gasteiger partial charge in [-0.3, -0.25) is 4.79 Å². The maximum Gasteiger partial charge on any atom is 0.228 e. The zero-order chi connectivity index (χ0) is 13.1. The Balaban J connectivity index is 1.92. The molecule has 0 radical (unpaired) electrons. The molecule has 0 aliphatic heterocycles. The molecule has 2 aromatic rings. The summed E-state index contributed by atoms with van der Waals surface area (Å²) in [5, 5.41) is 2.92. The van der Waals surface area contributed by atoms with E-state index in [2.05, 4.69) is 4.98 Å². The molecule has 0 aliphatic rings. The van der Waals surface area contributed by atoms with E-state index in [1.807, 2.05) is 24.4 Å². The van der Waals surface area contributed by atoms with Crippen LogP contribution in [0.3, 0.4) is 0 Å². The summed E-state index contributed by atoms with van der Waals surface area (Å²) in [7, 11) is 1.80. The Bertz CT molecular complexity index is 550. The predicted octanol–water partition coefficient (Wildman–Crippen LogP) is 3.37. The number of amides is 1. The molecule has 0 unspecified atom stereocenters. The number of aryl methyl sites for hydroxylation is 1. The molecule has 2 heterocycles. The van der Waals surface area contributed by atoms with Crippen molar-refractivity contribution >= 4 is 40.2 Å². The molecule has 0 aliphatic carbocycles. The van der Waals surface area contributed by atoms with E-state index in [9.17, 15) is 4.79 Å². The molecule has 0 fully saturated rings. The van der Waals surface area contributed by atoms with Crippen molar-refractivity contribution in [3.05, 3.63) is 37.4 Å². The summed E-state index contributed by atoms with van der Waals surface area (Å²) in [6.45, 7) is 2.54. The van der Waals surface area contributed by atoms with E-state index in [-0.39, 0.29) is 5.91 Å². The molecule has 2 aromatic heterocycles. The van der Waals surface area contributed by atoms with Crippen LogP contribution in [0.15, 0.2) is 17.5 Å². The predicted molar refractivity (Wildman–Crippen MR) is 76.4 cm³/mol. The van der Waals surface area contributed by atoms with Gasteiger partial charge in [-0.2, -0.15) is 0 Å². The monoisotopic (exact) mass is 300 g/mol. The van der Waals surface area contributed by atoms with Gasteiger partial charge in [-0.25, -0.2) is 4.98 Å². The van der Waals surface area contributed by atoms with Crippen molar-refractivity contribution in [3.63, 3.8) is 0 Å². The highest BCUT2D eigenvalue weighted by Crippen LogP contribution is 2.22. The van der Waals surface area contributed by atoms with Crippen molar-refractivity contribution in [2.45, 2.75) is 19.9 Å². The van der Waals surface area contributed by atoms with Gasteiger partial charge in [0.25, 0.3) is 0 Å².